The zero-order chi connectivity index (χ0) is 10.2. The van der Waals surface area contributed by atoms with Gasteiger partial charge in [0, 0.05) is 21.2 Å². The largest absolute Gasteiger partial charge is 0.508 e. The second-order valence-corrected chi connectivity index (χ2v) is 5.53. The van der Waals surface area contributed by atoms with Crippen molar-refractivity contribution in [2.75, 3.05) is 0 Å². The SMILES string of the molecule is O=S(=O)(Cl)c1c(F)cc(O)cc1Br. The summed E-state index contributed by atoms with van der Waals surface area (Å²) in [6.07, 6.45) is 0. The minimum Gasteiger partial charge on any atom is -0.508 e. The Labute approximate surface area is 86.7 Å². The molecule has 0 aromatic heterocycles. The van der Waals surface area contributed by atoms with Crippen molar-refractivity contribution < 1.29 is 17.9 Å². The lowest BCUT2D eigenvalue weighted by Gasteiger charge is -2.02. The predicted octanol–water partition coefficient (Wildman–Crippen LogP) is 2.22. The van der Waals surface area contributed by atoms with Crippen LogP contribution in [0, 0.1) is 5.82 Å². The molecule has 0 aliphatic rings. The summed E-state index contributed by atoms with van der Waals surface area (Å²) in [5, 5.41) is 8.88. The van der Waals surface area contributed by atoms with Crippen LogP contribution in [0.4, 0.5) is 4.39 Å². The molecule has 0 aliphatic carbocycles. The van der Waals surface area contributed by atoms with Crippen molar-refractivity contribution in [2.24, 2.45) is 0 Å². The molecule has 0 spiro atoms. The highest BCUT2D eigenvalue weighted by Gasteiger charge is 2.20. The molecule has 0 amide bonds. The summed E-state index contributed by atoms with van der Waals surface area (Å²) in [5.41, 5.74) is 0. The molecule has 0 aliphatic heterocycles. The lowest BCUT2D eigenvalue weighted by atomic mass is 10.3. The molecule has 1 rings (SSSR count). The van der Waals surface area contributed by atoms with Crippen molar-refractivity contribution in [1.82, 2.24) is 0 Å². The molecule has 0 radical (unpaired) electrons. The summed E-state index contributed by atoms with van der Waals surface area (Å²) in [5.74, 6) is -1.48. The third-order valence-electron chi connectivity index (χ3n) is 1.23. The first-order valence-corrected chi connectivity index (χ1v) is 6.05. The van der Waals surface area contributed by atoms with Crippen LogP contribution >= 0.6 is 26.6 Å². The Kier molecular flexibility index (Phi) is 2.84. The van der Waals surface area contributed by atoms with Gasteiger partial charge in [-0.2, -0.15) is 0 Å². The van der Waals surface area contributed by atoms with Crippen LogP contribution in [0.25, 0.3) is 0 Å². The lowest BCUT2D eigenvalue weighted by molar-refractivity contribution is 0.465. The van der Waals surface area contributed by atoms with Gasteiger partial charge in [-0.25, -0.2) is 12.8 Å². The number of phenols is 1. The third-order valence-corrected chi connectivity index (χ3v) is 3.48. The molecule has 0 heterocycles. The van der Waals surface area contributed by atoms with Crippen molar-refractivity contribution in [3.8, 4) is 5.75 Å². The summed E-state index contributed by atoms with van der Waals surface area (Å²) >= 11 is 2.77. The Bertz CT molecular complexity index is 422. The molecule has 13 heavy (non-hydrogen) atoms. The van der Waals surface area contributed by atoms with Crippen LogP contribution in [-0.2, 0) is 9.05 Å². The van der Waals surface area contributed by atoms with Crippen LogP contribution in [0.1, 0.15) is 0 Å². The number of halogens is 3. The maximum absolute atomic E-state index is 13.0. The number of hydrogen-bond donors (Lipinski definition) is 1. The van der Waals surface area contributed by atoms with Gasteiger partial charge in [-0.15, -0.1) is 0 Å². The number of phenolic OH excluding ortho intramolecular Hbond substituents is 1. The highest BCUT2D eigenvalue weighted by atomic mass is 79.9. The number of rotatable bonds is 1. The summed E-state index contributed by atoms with van der Waals surface area (Å²) in [6, 6.07) is 1.71. The minimum atomic E-state index is -4.14. The standard InChI is InChI=1S/C6H3BrClFO3S/c7-4-1-3(10)2-5(9)6(4)13(8,11)12/h1-2,10H. The zero-order valence-corrected chi connectivity index (χ0v) is 9.12. The van der Waals surface area contributed by atoms with Gasteiger partial charge in [0.05, 0.1) is 0 Å². The van der Waals surface area contributed by atoms with Crippen molar-refractivity contribution >= 4 is 35.7 Å². The van der Waals surface area contributed by atoms with Crippen molar-refractivity contribution in [1.29, 1.82) is 0 Å². The number of hydrogen-bond acceptors (Lipinski definition) is 3. The van der Waals surface area contributed by atoms with E-state index in [1.54, 1.807) is 0 Å². The van der Waals surface area contributed by atoms with E-state index < -0.39 is 19.8 Å². The van der Waals surface area contributed by atoms with Crippen molar-refractivity contribution in [2.45, 2.75) is 4.90 Å². The molecule has 3 nitrogen and oxygen atoms in total. The molecule has 0 bridgehead atoms. The van der Waals surface area contributed by atoms with Gasteiger partial charge < -0.3 is 5.11 Å². The second-order valence-electron chi connectivity index (χ2n) is 2.18. The average molecular weight is 290 g/mol. The van der Waals surface area contributed by atoms with Gasteiger partial charge >= 0.3 is 0 Å². The smallest absolute Gasteiger partial charge is 0.265 e. The normalized spacial score (nSPS) is 11.6. The van der Waals surface area contributed by atoms with Gasteiger partial charge in [-0.1, -0.05) is 0 Å². The van der Waals surface area contributed by atoms with Crippen LogP contribution in [0.5, 0.6) is 5.75 Å². The molecule has 1 N–H and O–H groups in total. The molecule has 0 saturated carbocycles. The van der Waals surface area contributed by atoms with E-state index in [0.717, 1.165) is 6.07 Å². The first-order valence-electron chi connectivity index (χ1n) is 2.95. The first-order chi connectivity index (χ1) is 5.82. The Hall–Kier alpha value is -0.330. The molecular weight excluding hydrogens is 286 g/mol. The average Bonchev–Trinajstić information content (AvgIpc) is 1.78. The van der Waals surface area contributed by atoms with Crippen LogP contribution in [0.3, 0.4) is 0 Å². The van der Waals surface area contributed by atoms with Gasteiger partial charge in [0.1, 0.15) is 16.5 Å². The quantitative estimate of drug-likeness (QED) is 0.807. The molecular formula is C6H3BrClFO3S. The minimum absolute atomic E-state index is 0.111. The van der Waals surface area contributed by atoms with E-state index in [9.17, 15) is 12.8 Å². The van der Waals surface area contributed by atoms with Gasteiger partial charge in [-0.05, 0) is 22.0 Å². The summed E-state index contributed by atoms with van der Waals surface area (Å²) in [6.45, 7) is 0. The van der Waals surface area contributed by atoms with Gasteiger partial charge in [0.2, 0.25) is 0 Å². The highest BCUT2D eigenvalue weighted by Crippen LogP contribution is 2.31. The van der Waals surface area contributed by atoms with Crippen molar-refractivity contribution in [3.05, 3.63) is 22.4 Å². The molecule has 1 aromatic carbocycles. The van der Waals surface area contributed by atoms with E-state index in [2.05, 4.69) is 15.9 Å². The van der Waals surface area contributed by atoms with Crippen molar-refractivity contribution in [3.63, 3.8) is 0 Å². The Balaban J connectivity index is 3.57. The molecule has 0 atom stereocenters. The monoisotopic (exact) mass is 288 g/mol. The van der Waals surface area contributed by atoms with Gasteiger partial charge in [0.15, 0.2) is 0 Å². The fraction of sp³-hybridized carbons (Fsp3) is 0. The molecule has 0 fully saturated rings. The summed E-state index contributed by atoms with van der Waals surface area (Å²) in [4.78, 5) is -0.674. The van der Waals surface area contributed by atoms with Crippen LogP contribution in [0.2, 0.25) is 0 Å². The molecule has 1 aromatic rings. The third kappa shape index (κ3) is 2.32. The topological polar surface area (TPSA) is 54.4 Å². The maximum atomic E-state index is 13.0. The van der Waals surface area contributed by atoms with Crippen LogP contribution in [0.15, 0.2) is 21.5 Å². The number of aromatic hydroxyl groups is 1. The summed E-state index contributed by atoms with van der Waals surface area (Å²) in [7, 11) is 0.800. The van der Waals surface area contributed by atoms with E-state index in [-0.39, 0.29) is 10.2 Å². The first kappa shape index (κ1) is 10.7. The Morgan fingerprint density at radius 1 is 1.46 bits per heavy atom. The second kappa shape index (κ2) is 3.43. The van der Waals surface area contributed by atoms with E-state index in [0.29, 0.717) is 6.07 Å². The van der Waals surface area contributed by atoms with Crippen LogP contribution < -0.4 is 0 Å². The van der Waals surface area contributed by atoms with Gasteiger partial charge in [0.25, 0.3) is 9.05 Å². The van der Waals surface area contributed by atoms with Gasteiger partial charge in [-0.3, -0.25) is 0 Å². The molecule has 72 valence electrons. The zero-order valence-electron chi connectivity index (χ0n) is 5.96. The highest BCUT2D eigenvalue weighted by molar-refractivity contribution is 9.10. The van der Waals surface area contributed by atoms with E-state index in [1.807, 2.05) is 0 Å². The maximum Gasteiger partial charge on any atom is 0.265 e. The number of benzene rings is 1. The van der Waals surface area contributed by atoms with E-state index in [4.69, 9.17) is 15.8 Å². The van der Waals surface area contributed by atoms with E-state index >= 15 is 0 Å². The Morgan fingerprint density at radius 2 is 2.00 bits per heavy atom. The molecule has 7 heteroatoms. The van der Waals surface area contributed by atoms with Crippen LogP contribution in [-0.4, -0.2) is 13.5 Å². The Morgan fingerprint density at radius 3 is 2.38 bits per heavy atom. The molecule has 0 saturated heterocycles. The fourth-order valence-corrected chi connectivity index (χ4v) is 3.18. The lowest BCUT2D eigenvalue weighted by Crippen LogP contribution is -1.96. The van der Waals surface area contributed by atoms with E-state index in [1.165, 1.54) is 0 Å². The molecule has 0 unspecified atom stereocenters. The predicted molar refractivity (Wildman–Crippen MR) is 48.8 cm³/mol. The fourth-order valence-electron chi connectivity index (χ4n) is 0.779. The summed E-state index contributed by atoms with van der Waals surface area (Å²) < 4.78 is 34.4.